The largest absolute Gasteiger partial charge is 0.497 e. The second-order valence-corrected chi connectivity index (χ2v) is 4.96. The van der Waals surface area contributed by atoms with Crippen LogP contribution in [0.1, 0.15) is 20.8 Å². The highest BCUT2D eigenvalue weighted by Crippen LogP contribution is 2.24. The monoisotopic (exact) mass is 265 g/mol. The number of nitrogen functional groups attached to an aromatic ring is 1. The zero-order valence-corrected chi connectivity index (χ0v) is 12.0. The van der Waals surface area contributed by atoms with Crippen LogP contribution in [0.3, 0.4) is 0 Å². The van der Waals surface area contributed by atoms with E-state index in [1.54, 1.807) is 32.2 Å². The molecule has 0 aliphatic carbocycles. The molecule has 0 aliphatic rings. The molecule has 0 bridgehead atoms. The van der Waals surface area contributed by atoms with Gasteiger partial charge in [0.2, 0.25) is 5.91 Å². The van der Waals surface area contributed by atoms with E-state index in [4.69, 9.17) is 10.5 Å². The van der Waals surface area contributed by atoms with Gasteiger partial charge in [0.15, 0.2) is 0 Å². The van der Waals surface area contributed by atoms with Gasteiger partial charge in [0.05, 0.1) is 18.5 Å². The summed E-state index contributed by atoms with van der Waals surface area (Å²) in [7, 11) is 1.59. The van der Waals surface area contributed by atoms with E-state index < -0.39 is 0 Å². The van der Waals surface area contributed by atoms with Crippen molar-refractivity contribution in [1.82, 2.24) is 5.32 Å². The van der Waals surface area contributed by atoms with Crippen LogP contribution in [0, 0.1) is 5.92 Å². The standard InChI is InChI=1S/C14H23N3O2/c1-9(2)8-16-14(18)10(3)17-13-7-11(19-4)5-6-12(13)15/h5-7,9-10,17H,8,15H2,1-4H3,(H,16,18). The van der Waals surface area contributed by atoms with Crippen molar-refractivity contribution < 1.29 is 9.53 Å². The Kier molecular flexibility index (Phi) is 5.48. The number of nitrogens with one attached hydrogen (secondary N) is 2. The quantitative estimate of drug-likeness (QED) is 0.686. The maximum absolute atomic E-state index is 11.9. The van der Waals surface area contributed by atoms with Gasteiger partial charge in [-0.2, -0.15) is 0 Å². The highest BCUT2D eigenvalue weighted by Gasteiger charge is 2.14. The van der Waals surface area contributed by atoms with Crippen molar-refractivity contribution >= 4 is 17.3 Å². The van der Waals surface area contributed by atoms with E-state index in [9.17, 15) is 4.79 Å². The molecule has 4 N–H and O–H groups in total. The van der Waals surface area contributed by atoms with Crippen LogP contribution in [0.4, 0.5) is 11.4 Å². The van der Waals surface area contributed by atoms with Crippen molar-refractivity contribution in [2.75, 3.05) is 24.7 Å². The Morgan fingerprint density at radius 1 is 1.37 bits per heavy atom. The third kappa shape index (κ3) is 4.69. The third-order valence-electron chi connectivity index (χ3n) is 2.71. The molecule has 0 aliphatic heterocycles. The predicted molar refractivity (Wildman–Crippen MR) is 78.3 cm³/mol. The van der Waals surface area contributed by atoms with Crippen molar-refractivity contribution in [3.8, 4) is 5.75 Å². The Morgan fingerprint density at radius 3 is 2.63 bits per heavy atom. The molecule has 0 saturated carbocycles. The van der Waals surface area contributed by atoms with E-state index in [-0.39, 0.29) is 11.9 Å². The molecule has 5 heteroatoms. The maximum atomic E-state index is 11.9. The predicted octanol–water partition coefficient (Wildman–Crippen LogP) is 1.85. The Hall–Kier alpha value is -1.91. The lowest BCUT2D eigenvalue weighted by molar-refractivity contribution is -0.121. The molecule has 1 unspecified atom stereocenters. The van der Waals surface area contributed by atoms with Crippen LogP contribution in [-0.4, -0.2) is 25.6 Å². The normalized spacial score (nSPS) is 12.1. The minimum atomic E-state index is -0.354. The fourth-order valence-corrected chi connectivity index (χ4v) is 1.54. The number of hydrogen-bond acceptors (Lipinski definition) is 4. The van der Waals surface area contributed by atoms with Crippen LogP contribution < -0.4 is 21.1 Å². The van der Waals surface area contributed by atoms with Gasteiger partial charge in [-0.25, -0.2) is 0 Å². The van der Waals surface area contributed by atoms with Crippen molar-refractivity contribution in [1.29, 1.82) is 0 Å². The molecular weight excluding hydrogens is 242 g/mol. The zero-order valence-electron chi connectivity index (χ0n) is 12.0. The lowest BCUT2D eigenvalue weighted by Crippen LogP contribution is -2.39. The van der Waals surface area contributed by atoms with E-state index >= 15 is 0 Å². The summed E-state index contributed by atoms with van der Waals surface area (Å²) in [6.07, 6.45) is 0. The lowest BCUT2D eigenvalue weighted by Gasteiger charge is -2.18. The smallest absolute Gasteiger partial charge is 0.242 e. The summed E-state index contributed by atoms with van der Waals surface area (Å²) in [5, 5.41) is 5.97. The van der Waals surface area contributed by atoms with Crippen molar-refractivity contribution in [3.05, 3.63) is 18.2 Å². The average Bonchev–Trinajstić information content (AvgIpc) is 2.38. The van der Waals surface area contributed by atoms with Crippen LogP contribution in [-0.2, 0) is 4.79 Å². The van der Waals surface area contributed by atoms with Crippen molar-refractivity contribution in [2.45, 2.75) is 26.8 Å². The van der Waals surface area contributed by atoms with Gasteiger partial charge >= 0.3 is 0 Å². The van der Waals surface area contributed by atoms with Gasteiger partial charge in [-0.15, -0.1) is 0 Å². The summed E-state index contributed by atoms with van der Waals surface area (Å²) < 4.78 is 5.13. The molecule has 0 radical (unpaired) electrons. The Bertz CT molecular complexity index is 433. The van der Waals surface area contributed by atoms with Gasteiger partial charge in [-0.1, -0.05) is 13.8 Å². The van der Waals surface area contributed by atoms with E-state index in [0.29, 0.717) is 29.6 Å². The zero-order chi connectivity index (χ0) is 14.4. The summed E-state index contributed by atoms with van der Waals surface area (Å²) in [5.74, 6) is 1.08. The molecule has 1 atom stereocenters. The van der Waals surface area contributed by atoms with Gasteiger partial charge in [0.1, 0.15) is 11.8 Å². The lowest BCUT2D eigenvalue weighted by atomic mass is 10.2. The van der Waals surface area contributed by atoms with E-state index in [1.165, 1.54) is 0 Å². The van der Waals surface area contributed by atoms with Gasteiger partial charge < -0.3 is 21.1 Å². The fourth-order valence-electron chi connectivity index (χ4n) is 1.54. The highest BCUT2D eigenvalue weighted by atomic mass is 16.5. The second-order valence-electron chi connectivity index (χ2n) is 4.96. The molecule has 1 rings (SSSR count). The SMILES string of the molecule is COc1ccc(N)c(NC(C)C(=O)NCC(C)C)c1. The van der Waals surface area contributed by atoms with E-state index in [1.807, 2.05) is 0 Å². The average molecular weight is 265 g/mol. The second kappa shape index (κ2) is 6.87. The first kappa shape index (κ1) is 15.1. The molecule has 0 spiro atoms. The maximum Gasteiger partial charge on any atom is 0.242 e. The molecule has 1 amide bonds. The molecule has 0 aromatic heterocycles. The van der Waals surface area contributed by atoms with Crippen LogP contribution in [0.25, 0.3) is 0 Å². The number of amides is 1. The third-order valence-corrected chi connectivity index (χ3v) is 2.71. The molecule has 0 fully saturated rings. The van der Waals surface area contributed by atoms with Gasteiger partial charge in [-0.05, 0) is 25.0 Å². The Labute approximate surface area is 114 Å². The van der Waals surface area contributed by atoms with Gasteiger partial charge in [0, 0.05) is 12.6 Å². The number of hydrogen-bond donors (Lipinski definition) is 3. The summed E-state index contributed by atoms with van der Waals surface area (Å²) in [6.45, 7) is 6.57. The number of ether oxygens (including phenoxy) is 1. The first-order valence-corrected chi connectivity index (χ1v) is 6.41. The number of nitrogens with two attached hydrogens (primary N) is 1. The molecule has 106 valence electrons. The summed E-state index contributed by atoms with van der Waals surface area (Å²) >= 11 is 0. The highest BCUT2D eigenvalue weighted by molar-refractivity contribution is 5.85. The van der Waals surface area contributed by atoms with Crippen molar-refractivity contribution in [3.63, 3.8) is 0 Å². The molecule has 19 heavy (non-hydrogen) atoms. The number of carbonyl (C=O) groups excluding carboxylic acids is 1. The van der Waals surface area contributed by atoms with E-state index in [2.05, 4.69) is 24.5 Å². The molecular formula is C14H23N3O2. The topological polar surface area (TPSA) is 76.4 Å². The minimum Gasteiger partial charge on any atom is -0.497 e. The molecule has 0 heterocycles. The van der Waals surface area contributed by atoms with Crippen LogP contribution in [0.2, 0.25) is 0 Å². The fraction of sp³-hybridized carbons (Fsp3) is 0.500. The number of carbonyl (C=O) groups is 1. The molecule has 1 aromatic rings. The van der Waals surface area contributed by atoms with Gasteiger partial charge in [-0.3, -0.25) is 4.79 Å². The molecule has 0 saturated heterocycles. The Morgan fingerprint density at radius 2 is 2.05 bits per heavy atom. The first-order chi connectivity index (χ1) is 8.93. The summed E-state index contributed by atoms with van der Waals surface area (Å²) in [4.78, 5) is 11.9. The van der Waals surface area contributed by atoms with Crippen LogP contribution >= 0.6 is 0 Å². The molecule has 1 aromatic carbocycles. The molecule has 5 nitrogen and oxygen atoms in total. The number of rotatable bonds is 6. The van der Waals surface area contributed by atoms with Crippen molar-refractivity contribution in [2.24, 2.45) is 5.92 Å². The first-order valence-electron chi connectivity index (χ1n) is 6.41. The number of anilines is 2. The summed E-state index contributed by atoms with van der Waals surface area (Å²) in [5.41, 5.74) is 7.15. The van der Waals surface area contributed by atoms with E-state index in [0.717, 1.165) is 0 Å². The van der Waals surface area contributed by atoms with Crippen LogP contribution in [0.15, 0.2) is 18.2 Å². The number of methoxy groups -OCH3 is 1. The van der Waals surface area contributed by atoms with Crippen LogP contribution in [0.5, 0.6) is 5.75 Å². The van der Waals surface area contributed by atoms with Gasteiger partial charge in [0.25, 0.3) is 0 Å². The Balaban J connectivity index is 2.65. The minimum absolute atomic E-state index is 0.0454. The number of benzene rings is 1. The summed E-state index contributed by atoms with van der Waals surface area (Å²) in [6, 6.07) is 4.96.